The van der Waals surface area contributed by atoms with Gasteiger partial charge in [-0.2, -0.15) is 13.2 Å². The Labute approximate surface area is 100 Å². The number of pyridine rings is 1. The van der Waals surface area contributed by atoms with E-state index in [1.54, 1.807) is 0 Å². The summed E-state index contributed by atoms with van der Waals surface area (Å²) >= 11 is 5.85. The van der Waals surface area contributed by atoms with E-state index >= 15 is 0 Å². The first-order valence-electron chi connectivity index (χ1n) is 4.74. The topological polar surface area (TPSA) is 38.9 Å². The van der Waals surface area contributed by atoms with Gasteiger partial charge in [-0.1, -0.05) is 23.7 Å². The molecule has 2 rings (SSSR count). The minimum atomic E-state index is -4.46. The smallest absolute Gasteiger partial charge is 0.397 e. The molecule has 2 nitrogen and oxygen atoms in total. The predicted molar refractivity (Wildman–Crippen MR) is 60.9 cm³/mol. The minimum absolute atomic E-state index is 0.125. The molecule has 0 spiro atoms. The molecule has 1 aromatic carbocycles. The average molecular weight is 261 g/mol. The van der Waals surface area contributed by atoms with Gasteiger partial charge in [-0.05, 0) is 13.0 Å². The number of nitrogen functional groups attached to an aromatic ring is 1. The normalized spacial score (nSPS) is 12.1. The number of alkyl halides is 3. The molecule has 1 heterocycles. The quantitative estimate of drug-likeness (QED) is 0.782. The Balaban J connectivity index is 2.92. The molecule has 17 heavy (non-hydrogen) atoms. The maximum absolute atomic E-state index is 12.8. The Morgan fingerprint density at radius 3 is 2.53 bits per heavy atom. The van der Waals surface area contributed by atoms with Crippen molar-refractivity contribution in [2.75, 3.05) is 5.73 Å². The molecule has 2 aromatic rings. The number of nitrogens with zero attached hydrogens (tertiary/aromatic N) is 1. The van der Waals surface area contributed by atoms with E-state index in [1.165, 1.54) is 19.1 Å². The van der Waals surface area contributed by atoms with Crippen LogP contribution in [0.2, 0.25) is 5.02 Å². The molecule has 0 saturated heterocycles. The van der Waals surface area contributed by atoms with Gasteiger partial charge in [-0.15, -0.1) is 0 Å². The van der Waals surface area contributed by atoms with Crippen molar-refractivity contribution in [2.45, 2.75) is 13.1 Å². The fourth-order valence-electron chi connectivity index (χ4n) is 1.64. The molecule has 0 bridgehead atoms. The summed E-state index contributed by atoms with van der Waals surface area (Å²) in [7, 11) is 0. The van der Waals surface area contributed by atoms with Crippen LogP contribution in [0.5, 0.6) is 0 Å². The lowest BCUT2D eigenvalue weighted by atomic mass is 10.1. The molecule has 0 amide bonds. The van der Waals surface area contributed by atoms with Gasteiger partial charge in [0.1, 0.15) is 0 Å². The molecule has 0 saturated carbocycles. The van der Waals surface area contributed by atoms with Crippen molar-refractivity contribution in [1.82, 2.24) is 4.98 Å². The van der Waals surface area contributed by atoms with Crippen LogP contribution in [0.1, 0.15) is 11.3 Å². The lowest BCUT2D eigenvalue weighted by molar-refractivity contribution is -0.136. The Hall–Kier alpha value is -1.49. The number of fused-ring (bicyclic) bond motifs is 1. The van der Waals surface area contributed by atoms with Crippen LogP contribution in [0.25, 0.3) is 10.9 Å². The second-order valence-corrected chi connectivity index (χ2v) is 4.00. The molecule has 2 N–H and O–H groups in total. The van der Waals surface area contributed by atoms with Crippen LogP contribution in [0, 0.1) is 6.92 Å². The van der Waals surface area contributed by atoms with Gasteiger partial charge in [0, 0.05) is 5.39 Å². The first-order chi connectivity index (χ1) is 7.82. The summed E-state index contributed by atoms with van der Waals surface area (Å²) in [6.07, 6.45) is -4.46. The van der Waals surface area contributed by atoms with Crippen LogP contribution in [0.4, 0.5) is 18.9 Å². The minimum Gasteiger partial charge on any atom is -0.397 e. The fraction of sp³-hybridized carbons (Fsp3) is 0.182. The van der Waals surface area contributed by atoms with Gasteiger partial charge >= 0.3 is 6.18 Å². The van der Waals surface area contributed by atoms with Gasteiger partial charge in [0.15, 0.2) is 0 Å². The predicted octanol–water partition coefficient (Wildman–Crippen LogP) is 3.80. The molecule has 0 fully saturated rings. The number of halogens is 4. The van der Waals surface area contributed by atoms with E-state index < -0.39 is 11.7 Å². The highest BCUT2D eigenvalue weighted by Crippen LogP contribution is 2.37. The molecule has 0 aliphatic rings. The summed E-state index contributed by atoms with van der Waals surface area (Å²) in [6, 6.07) is 3.73. The summed E-state index contributed by atoms with van der Waals surface area (Å²) in [5.41, 5.74) is 5.13. The van der Waals surface area contributed by atoms with E-state index in [0.717, 1.165) is 6.07 Å². The number of anilines is 1. The number of para-hydroxylation sites is 1. The van der Waals surface area contributed by atoms with Gasteiger partial charge in [0.2, 0.25) is 0 Å². The third-order valence-electron chi connectivity index (χ3n) is 2.47. The van der Waals surface area contributed by atoms with E-state index in [1.807, 2.05) is 0 Å². The van der Waals surface area contributed by atoms with E-state index in [0.29, 0.717) is 0 Å². The maximum Gasteiger partial charge on any atom is 0.418 e. The SMILES string of the molecule is Cc1nc2c(C(F)(F)F)cccc2c(N)c1Cl. The zero-order valence-corrected chi connectivity index (χ0v) is 9.52. The van der Waals surface area contributed by atoms with Crippen LogP contribution >= 0.6 is 11.6 Å². The van der Waals surface area contributed by atoms with Gasteiger partial charge in [-0.3, -0.25) is 4.98 Å². The molecule has 1 aromatic heterocycles. The van der Waals surface area contributed by atoms with Crippen LogP contribution in [0.15, 0.2) is 18.2 Å². The summed E-state index contributed by atoms with van der Waals surface area (Å²) in [5, 5.41) is 0.409. The van der Waals surface area contributed by atoms with Crippen molar-refractivity contribution >= 4 is 28.2 Å². The van der Waals surface area contributed by atoms with Crippen LogP contribution < -0.4 is 5.73 Å². The van der Waals surface area contributed by atoms with E-state index in [2.05, 4.69) is 4.98 Å². The van der Waals surface area contributed by atoms with E-state index in [4.69, 9.17) is 17.3 Å². The van der Waals surface area contributed by atoms with Crippen molar-refractivity contribution in [2.24, 2.45) is 0 Å². The summed E-state index contributed by atoms with van der Waals surface area (Å²) in [6.45, 7) is 1.52. The van der Waals surface area contributed by atoms with Gasteiger partial charge in [0.05, 0.1) is 27.5 Å². The van der Waals surface area contributed by atoms with Gasteiger partial charge in [0.25, 0.3) is 0 Å². The molecule has 0 unspecified atom stereocenters. The zero-order valence-electron chi connectivity index (χ0n) is 8.77. The third-order valence-corrected chi connectivity index (χ3v) is 2.94. The highest BCUT2D eigenvalue weighted by molar-refractivity contribution is 6.35. The number of aromatic nitrogens is 1. The van der Waals surface area contributed by atoms with Gasteiger partial charge in [-0.25, -0.2) is 0 Å². The standard InChI is InChI=1S/C11H8ClF3N2/c1-5-8(12)9(16)6-3-2-4-7(10(6)17-5)11(13,14)15/h2-4H,1H3,(H2,16,17). The van der Waals surface area contributed by atoms with Gasteiger partial charge < -0.3 is 5.73 Å². The average Bonchev–Trinajstić information content (AvgIpc) is 2.24. The second kappa shape index (κ2) is 3.77. The zero-order chi connectivity index (χ0) is 12.8. The molecule has 6 heteroatoms. The summed E-state index contributed by atoms with van der Waals surface area (Å²) in [5.74, 6) is 0. The van der Waals surface area contributed by atoms with Crippen molar-refractivity contribution in [3.05, 3.63) is 34.5 Å². The molecular weight excluding hydrogens is 253 g/mol. The molecule has 90 valence electrons. The highest BCUT2D eigenvalue weighted by atomic mass is 35.5. The number of aryl methyl sites for hydroxylation is 1. The number of hydrogen-bond donors (Lipinski definition) is 1. The lowest BCUT2D eigenvalue weighted by Gasteiger charge is -2.12. The Morgan fingerprint density at radius 1 is 1.29 bits per heavy atom. The first kappa shape index (κ1) is 12.0. The molecule has 0 atom stereocenters. The highest BCUT2D eigenvalue weighted by Gasteiger charge is 2.33. The molecule has 0 radical (unpaired) electrons. The monoisotopic (exact) mass is 260 g/mol. The maximum atomic E-state index is 12.8. The Morgan fingerprint density at radius 2 is 1.94 bits per heavy atom. The molecular formula is C11H8ClF3N2. The number of benzene rings is 1. The molecule has 0 aliphatic carbocycles. The van der Waals surface area contributed by atoms with Crippen LogP contribution in [-0.2, 0) is 6.18 Å². The van der Waals surface area contributed by atoms with Crippen molar-refractivity contribution in [3.8, 4) is 0 Å². The van der Waals surface area contributed by atoms with Crippen LogP contribution in [-0.4, -0.2) is 4.98 Å². The second-order valence-electron chi connectivity index (χ2n) is 3.62. The number of nitrogens with two attached hydrogens (primary N) is 1. The van der Waals surface area contributed by atoms with E-state index in [-0.39, 0.29) is 27.3 Å². The Kier molecular flexibility index (Phi) is 2.66. The summed E-state index contributed by atoms with van der Waals surface area (Å²) < 4.78 is 38.3. The fourth-order valence-corrected chi connectivity index (χ4v) is 1.78. The molecule has 0 aliphatic heterocycles. The van der Waals surface area contributed by atoms with Crippen molar-refractivity contribution in [1.29, 1.82) is 0 Å². The largest absolute Gasteiger partial charge is 0.418 e. The Bertz CT molecular complexity index is 593. The number of hydrogen-bond acceptors (Lipinski definition) is 2. The number of rotatable bonds is 0. The first-order valence-corrected chi connectivity index (χ1v) is 5.11. The van der Waals surface area contributed by atoms with E-state index in [9.17, 15) is 13.2 Å². The summed E-state index contributed by atoms with van der Waals surface area (Å²) in [4.78, 5) is 3.87. The van der Waals surface area contributed by atoms with Crippen LogP contribution in [0.3, 0.4) is 0 Å². The van der Waals surface area contributed by atoms with Crippen molar-refractivity contribution < 1.29 is 13.2 Å². The lowest BCUT2D eigenvalue weighted by Crippen LogP contribution is -2.08. The van der Waals surface area contributed by atoms with Crippen molar-refractivity contribution in [3.63, 3.8) is 0 Å². The third kappa shape index (κ3) is 1.91.